The molecular formula is C25H33N5O4. The first kappa shape index (κ1) is 23.9. The summed E-state index contributed by atoms with van der Waals surface area (Å²) in [6, 6.07) is 5.55. The molecule has 4 amide bonds. The predicted molar refractivity (Wildman–Crippen MR) is 128 cm³/mol. The fourth-order valence-corrected chi connectivity index (χ4v) is 4.93. The molecule has 2 N–H and O–H groups in total. The normalized spacial score (nSPS) is 18.7. The van der Waals surface area contributed by atoms with Gasteiger partial charge in [-0.2, -0.15) is 5.10 Å². The quantitative estimate of drug-likeness (QED) is 0.458. The first-order valence-corrected chi connectivity index (χ1v) is 12.3. The smallest absolute Gasteiger partial charge is 0.235 e. The van der Waals surface area contributed by atoms with Gasteiger partial charge in [0.15, 0.2) is 0 Å². The van der Waals surface area contributed by atoms with Crippen LogP contribution in [0.1, 0.15) is 75.8 Å². The van der Waals surface area contributed by atoms with Crippen LogP contribution in [-0.4, -0.2) is 51.4 Å². The van der Waals surface area contributed by atoms with Gasteiger partial charge >= 0.3 is 0 Å². The number of hydrogen-bond donors (Lipinski definition) is 2. The van der Waals surface area contributed by atoms with E-state index >= 15 is 0 Å². The van der Waals surface area contributed by atoms with E-state index in [2.05, 4.69) is 15.7 Å². The highest BCUT2D eigenvalue weighted by Crippen LogP contribution is 2.33. The Morgan fingerprint density at radius 2 is 1.85 bits per heavy atom. The number of piperidine rings is 2. The van der Waals surface area contributed by atoms with E-state index in [0.29, 0.717) is 30.6 Å². The summed E-state index contributed by atoms with van der Waals surface area (Å²) >= 11 is 0. The number of likely N-dealkylation sites (tertiary alicyclic amines) is 1. The molecule has 34 heavy (non-hydrogen) atoms. The fourth-order valence-electron chi connectivity index (χ4n) is 4.93. The molecule has 9 heteroatoms. The number of nitrogens with zero attached hydrogens (tertiary/aromatic N) is 3. The summed E-state index contributed by atoms with van der Waals surface area (Å²) in [6.45, 7) is 1.76. The Labute approximate surface area is 199 Å². The van der Waals surface area contributed by atoms with Crippen molar-refractivity contribution in [3.05, 3.63) is 23.9 Å². The van der Waals surface area contributed by atoms with Crippen LogP contribution < -0.4 is 10.6 Å². The Hall–Kier alpha value is -3.23. The third-order valence-electron chi connectivity index (χ3n) is 6.74. The molecule has 3 heterocycles. The van der Waals surface area contributed by atoms with E-state index in [1.165, 1.54) is 6.42 Å². The highest BCUT2D eigenvalue weighted by atomic mass is 16.2. The number of benzene rings is 1. The van der Waals surface area contributed by atoms with Crippen LogP contribution in [0.5, 0.6) is 0 Å². The summed E-state index contributed by atoms with van der Waals surface area (Å²) in [7, 11) is 1.78. The topological polar surface area (TPSA) is 113 Å². The summed E-state index contributed by atoms with van der Waals surface area (Å²) in [4.78, 5) is 50.7. The molecule has 1 aromatic heterocycles. The minimum Gasteiger partial charge on any atom is -0.343 e. The van der Waals surface area contributed by atoms with Crippen LogP contribution >= 0.6 is 0 Å². The van der Waals surface area contributed by atoms with Gasteiger partial charge in [0, 0.05) is 44.8 Å². The van der Waals surface area contributed by atoms with Crippen molar-refractivity contribution in [2.24, 2.45) is 7.05 Å². The van der Waals surface area contributed by atoms with E-state index in [1.54, 1.807) is 11.7 Å². The maximum atomic E-state index is 12.6. The highest BCUT2D eigenvalue weighted by Gasteiger charge is 2.32. The van der Waals surface area contributed by atoms with Gasteiger partial charge in [-0.1, -0.05) is 18.6 Å². The van der Waals surface area contributed by atoms with Crippen LogP contribution in [0.2, 0.25) is 0 Å². The van der Waals surface area contributed by atoms with Crippen molar-refractivity contribution in [3.63, 3.8) is 0 Å². The van der Waals surface area contributed by atoms with Gasteiger partial charge in [-0.15, -0.1) is 0 Å². The Kier molecular flexibility index (Phi) is 7.59. The lowest BCUT2D eigenvalue weighted by Gasteiger charge is -2.26. The second kappa shape index (κ2) is 10.8. The second-order valence-corrected chi connectivity index (χ2v) is 9.26. The van der Waals surface area contributed by atoms with E-state index in [-0.39, 0.29) is 30.0 Å². The molecule has 0 saturated carbocycles. The van der Waals surface area contributed by atoms with Gasteiger partial charge in [0.05, 0.1) is 22.8 Å². The first-order chi connectivity index (χ1) is 16.4. The average molecular weight is 468 g/mol. The molecule has 1 atom stereocenters. The van der Waals surface area contributed by atoms with Crippen molar-refractivity contribution in [2.75, 3.05) is 18.4 Å². The number of para-hydroxylation sites is 1. The molecule has 1 unspecified atom stereocenters. The first-order valence-electron chi connectivity index (χ1n) is 12.3. The second-order valence-electron chi connectivity index (χ2n) is 9.26. The monoisotopic (exact) mass is 467 g/mol. The maximum Gasteiger partial charge on any atom is 0.235 e. The average Bonchev–Trinajstić information content (AvgIpc) is 3.16. The van der Waals surface area contributed by atoms with E-state index in [9.17, 15) is 19.2 Å². The van der Waals surface area contributed by atoms with Gasteiger partial charge in [0.25, 0.3) is 0 Å². The van der Waals surface area contributed by atoms with Gasteiger partial charge in [-0.25, -0.2) is 0 Å². The lowest BCUT2D eigenvalue weighted by Crippen LogP contribution is -2.39. The number of nitrogens with one attached hydrogen (secondary N) is 2. The highest BCUT2D eigenvalue weighted by molar-refractivity contribution is 6.05. The van der Waals surface area contributed by atoms with Gasteiger partial charge in [-0.05, 0) is 44.6 Å². The number of carbonyl (C=O) groups is 4. The van der Waals surface area contributed by atoms with Crippen LogP contribution in [0.15, 0.2) is 18.2 Å². The molecule has 2 aliphatic rings. The standard InChI is InChI=1S/C25H33N5O4/c1-29-24-17(23(28-29)18-13-14-21(32)27-25(18)34)9-8-10-19(24)26-20(31)11-4-2-5-12-22(33)30-15-6-3-7-16-30/h8-10,18H,2-7,11-16H2,1H3,(H,26,31)(H,27,32,34). The number of amides is 4. The Balaban J connectivity index is 1.31. The Morgan fingerprint density at radius 3 is 2.62 bits per heavy atom. The predicted octanol–water partition coefficient (Wildman–Crippen LogP) is 3.00. The molecule has 2 fully saturated rings. The van der Waals surface area contributed by atoms with E-state index in [4.69, 9.17) is 0 Å². The van der Waals surface area contributed by atoms with Crippen molar-refractivity contribution < 1.29 is 19.2 Å². The van der Waals surface area contributed by atoms with Crippen LogP contribution in [0.3, 0.4) is 0 Å². The molecule has 0 aliphatic carbocycles. The number of anilines is 1. The number of imide groups is 1. The Morgan fingerprint density at radius 1 is 1.09 bits per heavy atom. The minimum atomic E-state index is -0.486. The molecule has 9 nitrogen and oxygen atoms in total. The summed E-state index contributed by atoms with van der Waals surface area (Å²) < 4.78 is 1.68. The summed E-state index contributed by atoms with van der Waals surface area (Å²) in [5.74, 6) is -0.924. The van der Waals surface area contributed by atoms with Crippen molar-refractivity contribution in [1.29, 1.82) is 0 Å². The maximum absolute atomic E-state index is 12.6. The van der Waals surface area contributed by atoms with Crippen LogP contribution in [0.25, 0.3) is 10.9 Å². The van der Waals surface area contributed by atoms with Crippen LogP contribution in [0, 0.1) is 0 Å². The number of carbonyl (C=O) groups excluding carboxylic acids is 4. The Bertz CT molecular complexity index is 1090. The van der Waals surface area contributed by atoms with E-state index in [1.807, 2.05) is 23.1 Å². The van der Waals surface area contributed by atoms with Crippen molar-refractivity contribution >= 4 is 40.2 Å². The van der Waals surface area contributed by atoms with Gasteiger partial charge in [-0.3, -0.25) is 29.2 Å². The molecule has 4 rings (SSSR count). The third kappa shape index (κ3) is 5.46. The van der Waals surface area contributed by atoms with Crippen LogP contribution in [0.4, 0.5) is 5.69 Å². The molecule has 0 radical (unpaired) electrons. The SMILES string of the molecule is Cn1nc(C2CCC(=O)NC2=O)c2cccc(NC(=O)CCCCCC(=O)N3CCCCC3)c21. The minimum absolute atomic E-state index is 0.0846. The third-order valence-corrected chi connectivity index (χ3v) is 6.74. The summed E-state index contributed by atoms with van der Waals surface area (Å²) in [6.07, 6.45) is 7.42. The van der Waals surface area contributed by atoms with Gasteiger partial charge < -0.3 is 10.2 Å². The molecule has 0 spiro atoms. The lowest BCUT2D eigenvalue weighted by molar-refractivity contribution is -0.134. The zero-order chi connectivity index (χ0) is 24.1. The molecule has 0 bridgehead atoms. The zero-order valence-corrected chi connectivity index (χ0v) is 19.8. The molecule has 1 aromatic carbocycles. The van der Waals surface area contributed by atoms with Gasteiger partial charge in [0.2, 0.25) is 23.6 Å². The number of hydrogen-bond acceptors (Lipinski definition) is 5. The summed E-state index contributed by atoms with van der Waals surface area (Å²) in [5.41, 5.74) is 2.02. The number of fused-ring (bicyclic) bond motifs is 1. The largest absolute Gasteiger partial charge is 0.343 e. The van der Waals surface area contributed by atoms with E-state index < -0.39 is 5.92 Å². The van der Waals surface area contributed by atoms with Crippen LogP contribution in [-0.2, 0) is 26.2 Å². The number of aromatic nitrogens is 2. The molecule has 2 aromatic rings. The van der Waals surface area contributed by atoms with Crippen molar-refractivity contribution in [3.8, 4) is 0 Å². The van der Waals surface area contributed by atoms with Crippen molar-refractivity contribution in [2.45, 2.75) is 70.1 Å². The lowest BCUT2D eigenvalue weighted by atomic mass is 9.92. The molecule has 182 valence electrons. The van der Waals surface area contributed by atoms with E-state index in [0.717, 1.165) is 56.1 Å². The molecular weight excluding hydrogens is 434 g/mol. The zero-order valence-electron chi connectivity index (χ0n) is 19.8. The number of aryl methyl sites for hydroxylation is 1. The fraction of sp³-hybridized carbons (Fsp3) is 0.560. The number of rotatable bonds is 8. The van der Waals surface area contributed by atoms with Crippen molar-refractivity contribution in [1.82, 2.24) is 20.0 Å². The molecule has 2 aliphatic heterocycles. The van der Waals surface area contributed by atoms with Gasteiger partial charge in [0.1, 0.15) is 0 Å². The summed E-state index contributed by atoms with van der Waals surface area (Å²) in [5, 5.41) is 10.7. The number of unbranched alkanes of at least 4 members (excludes halogenated alkanes) is 2. The molecule has 2 saturated heterocycles.